The lowest BCUT2D eigenvalue weighted by atomic mass is 9.96. The maximum Gasteiger partial charge on any atom is 0.308 e. The highest BCUT2D eigenvalue weighted by atomic mass is 16.4. The number of aliphatic carboxylic acids is 1. The Kier molecular flexibility index (Phi) is 4.07. The molecule has 2 aliphatic heterocycles. The highest BCUT2D eigenvalue weighted by molar-refractivity contribution is 5.99. The van der Waals surface area contributed by atoms with Gasteiger partial charge in [0.1, 0.15) is 0 Å². The van der Waals surface area contributed by atoms with Crippen LogP contribution >= 0.6 is 0 Å². The van der Waals surface area contributed by atoms with E-state index in [2.05, 4.69) is 0 Å². The van der Waals surface area contributed by atoms with E-state index in [9.17, 15) is 14.4 Å². The van der Waals surface area contributed by atoms with Gasteiger partial charge in [-0.05, 0) is 43.0 Å². The number of hydrogen-bond acceptors (Lipinski definition) is 3. The molecule has 1 N–H and O–H groups in total. The lowest BCUT2D eigenvalue weighted by Crippen LogP contribution is -2.42. The Morgan fingerprint density at radius 3 is 2.78 bits per heavy atom. The van der Waals surface area contributed by atoms with Crippen LogP contribution < -0.4 is 4.90 Å². The fraction of sp³-hybridized carbons (Fsp3) is 0.471. The topological polar surface area (TPSA) is 77.9 Å². The summed E-state index contributed by atoms with van der Waals surface area (Å²) in [7, 11) is 1.74. The van der Waals surface area contributed by atoms with Crippen molar-refractivity contribution >= 4 is 23.5 Å². The Labute approximate surface area is 134 Å². The van der Waals surface area contributed by atoms with Crippen molar-refractivity contribution in [2.75, 3.05) is 25.0 Å². The van der Waals surface area contributed by atoms with E-state index in [-0.39, 0.29) is 18.4 Å². The normalized spacial score (nSPS) is 21.1. The van der Waals surface area contributed by atoms with Crippen molar-refractivity contribution in [3.05, 3.63) is 29.3 Å². The molecule has 0 radical (unpaired) electrons. The van der Waals surface area contributed by atoms with Crippen molar-refractivity contribution in [2.24, 2.45) is 5.92 Å². The number of carboxylic acid groups (broad SMARTS) is 1. The average molecular weight is 316 g/mol. The standard InChI is InChI=1S/C17H20N2O4/c1-18-14-6-4-12(9-11(14)5-7-15(18)20)16(21)19-8-2-3-13(10-19)17(22)23/h4,6,9,13H,2-3,5,7-8,10H2,1H3,(H,22,23). The Morgan fingerprint density at radius 2 is 2.04 bits per heavy atom. The van der Waals surface area contributed by atoms with Crippen LogP contribution in [0.15, 0.2) is 18.2 Å². The number of benzene rings is 1. The quantitative estimate of drug-likeness (QED) is 0.897. The van der Waals surface area contributed by atoms with Gasteiger partial charge in [0.2, 0.25) is 5.91 Å². The first-order valence-electron chi connectivity index (χ1n) is 7.89. The maximum absolute atomic E-state index is 12.7. The average Bonchev–Trinajstić information content (AvgIpc) is 2.57. The molecule has 0 aliphatic carbocycles. The molecular formula is C17H20N2O4. The number of fused-ring (bicyclic) bond motifs is 1. The van der Waals surface area contributed by atoms with Gasteiger partial charge in [-0.2, -0.15) is 0 Å². The van der Waals surface area contributed by atoms with Crippen LogP contribution in [-0.4, -0.2) is 47.9 Å². The minimum Gasteiger partial charge on any atom is -0.481 e. The molecule has 23 heavy (non-hydrogen) atoms. The number of anilines is 1. The molecule has 2 aliphatic rings. The van der Waals surface area contributed by atoms with Crippen molar-refractivity contribution in [1.29, 1.82) is 0 Å². The van der Waals surface area contributed by atoms with Crippen molar-refractivity contribution in [1.82, 2.24) is 4.90 Å². The molecule has 6 nitrogen and oxygen atoms in total. The summed E-state index contributed by atoms with van der Waals surface area (Å²) in [5, 5.41) is 9.15. The summed E-state index contributed by atoms with van der Waals surface area (Å²) in [6, 6.07) is 5.36. The third kappa shape index (κ3) is 2.93. The van der Waals surface area contributed by atoms with Crippen LogP contribution in [0.5, 0.6) is 0 Å². The lowest BCUT2D eigenvalue weighted by molar-refractivity contribution is -0.143. The fourth-order valence-corrected chi connectivity index (χ4v) is 3.34. The van der Waals surface area contributed by atoms with Crippen LogP contribution in [0.1, 0.15) is 35.2 Å². The molecule has 1 saturated heterocycles. The SMILES string of the molecule is CN1C(=O)CCc2cc(C(=O)N3CCCC(C(=O)O)C3)ccc21. The second kappa shape index (κ2) is 6.02. The van der Waals surface area contributed by atoms with E-state index in [0.29, 0.717) is 37.8 Å². The molecule has 0 saturated carbocycles. The van der Waals surface area contributed by atoms with Gasteiger partial charge in [0.25, 0.3) is 5.91 Å². The van der Waals surface area contributed by atoms with Crippen LogP contribution in [0.4, 0.5) is 5.69 Å². The summed E-state index contributed by atoms with van der Waals surface area (Å²) in [4.78, 5) is 38.8. The molecule has 1 fully saturated rings. The van der Waals surface area contributed by atoms with Crippen LogP contribution in [0.3, 0.4) is 0 Å². The van der Waals surface area contributed by atoms with E-state index in [0.717, 1.165) is 11.3 Å². The summed E-state index contributed by atoms with van der Waals surface area (Å²) in [5.41, 5.74) is 2.40. The van der Waals surface area contributed by atoms with Crippen LogP contribution in [0.2, 0.25) is 0 Å². The second-order valence-electron chi connectivity index (χ2n) is 6.22. The molecule has 3 rings (SSSR count). The van der Waals surface area contributed by atoms with E-state index in [1.54, 1.807) is 29.0 Å². The zero-order chi connectivity index (χ0) is 16.6. The smallest absolute Gasteiger partial charge is 0.308 e. The minimum absolute atomic E-state index is 0.0805. The number of carbonyl (C=O) groups excluding carboxylic acids is 2. The summed E-state index contributed by atoms with van der Waals surface area (Å²) in [6.45, 7) is 0.863. The Bertz CT molecular complexity index is 671. The fourth-order valence-electron chi connectivity index (χ4n) is 3.34. The molecule has 0 aromatic heterocycles. The molecule has 0 bridgehead atoms. The van der Waals surface area contributed by atoms with Crippen molar-refractivity contribution < 1.29 is 19.5 Å². The van der Waals surface area contributed by atoms with Gasteiger partial charge in [0.15, 0.2) is 0 Å². The molecule has 1 atom stereocenters. The number of carbonyl (C=O) groups is 3. The Balaban J connectivity index is 1.80. The van der Waals surface area contributed by atoms with E-state index in [4.69, 9.17) is 5.11 Å². The second-order valence-corrected chi connectivity index (χ2v) is 6.22. The summed E-state index contributed by atoms with van der Waals surface area (Å²) in [5.74, 6) is -1.36. The summed E-state index contributed by atoms with van der Waals surface area (Å²) in [6.07, 6.45) is 2.42. The van der Waals surface area contributed by atoms with Crippen molar-refractivity contribution in [2.45, 2.75) is 25.7 Å². The molecule has 1 unspecified atom stereocenters. The number of amides is 2. The Morgan fingerprint density at radius 1 is 1.26 bits per heavy atom. The Hall–Kier alpha value is -2.37. The van der Waals surface area contributed by atoms with Gasteiger partial charge in [0, 0.05) is 37.8 Å². The number of piperidine rings is 1. The predicted molar refractivity (Wildman–Crippen MR) is 84.4 cm³/mol. The highest BCUT2D eigenvalue weighted by Crippen LogP contribution is 2.28. The van der Waals surface area contributed by atoms with E-state index in [1.807, 2.05) is 6.07 Å². The van der Waals surface area contributed by atoms with Gasteiger partial charge in [-0.15, -0.1) is 0 Å². The largest absolute Gasteiger partial charge is 0.481 e. The van der Waals surface area contributed by atoms with E-state index >= 15 is 0 Å². The molecule has 0 spiro atoms. The molecular weight excluding hydrogens is 296 g/mol. The van der Waals surface area contributed by atoms with Crippen LogP contribution in [-0.2, 0) is 16.0 Å². The van der Waals surface area contributed by atoms with Gasteiger partial charge in [-0.25, -0.2) is 0 Å². The first kappa shape index (κ1) is 15.5. The van der Waals surface area contributed by atoms with Crippen LogP contribution in [0, 0.1) is 5.92 Å². The lowest BCUT2D eigenvalue weighted by Gasteiger charge is -2.31. The predicted octanol–water partition coefficient (Wildman–Crippen LogP) is 1.53. The minimum atomic E-state index is -0.840. The van der Waals surface area contributed by atoms with Gasteiger partial charge >= 0.3 is 5.97 Å². The van der Waals surface area contributed by atoms with Gasteiger partial charge in [0.05, 0.1) is 5.92 Å². The molecule has 1 aromatic rings. The molecule has 2 amide bonds. The molecule has 6 heteroatoms. The first-order valence-corrected chi connectivity index (χ1v) is 7.89. The third-order valence-corrected chi connectivity index (χ3v) is 4.73. The number of rotatable bonds is 2. The molecule has 122 valence electrons. The maximum atomic E-state index is 12.7. The first-order chi connectivity index (χ1) is 11.0. The van der Waals surface area contributed by atoms with Gasteiger partial charge < -0.3 is 14.9 Å². The van der Waals surface area contributed by atoms with Crippen molar-refractivity contribution in [3.8, 4) is 0 Å². The number of carboxylic acids is 1. The van der Waals surface area contributed by atoms with Gasteiger partial charge in [-0.3, -0.25) is 14.4 Å². The zero-order valence-electron chi connectivity index (χ0n) is 13.1. The molecule has 1 aromatic carbocycles. The monoisotopic (exact) mass is 316 g/mol. The number of hydrogen-bond donors (Lipinski definition) is 1. The summed E-state index contributed by atoms with van der Waals surface area (Å²) >= 11 is 0. The van der Waals surface area contributed by atoms with E-state index < -0.39 is 11.9 Å². The third-order valence-electron chi connectivity index (χ3n) is 4.73. The highest BCUT2D eigenvalue weighted by Gasteiger charge is 2.29. The van der Waals surface area contributed by atoms with E-state index in [1.165, 1.54) is 0 Å². The number of likely N-dealkylation sites (tertiary alicyclic amines) is 1. The summed E-state index contributed by atoms with van der Waals surface area (Å²) < 4.78 is 0. The number of aryl methyl sites for hydroxylation is 1. The number of nitrogens with zero attached hydrogens (tertiary/aromatic N) is 2. The van der Waals surface area contributed by atoms with Gasteiger partial charge in [-0.1, -0.05) is 0 Å². The zero-order valence-corrected chi connectivity index (χ0v) is 13.1. The van der Waals surface area contributed by atoms with Crippen molar-refractivity contribution in [3.63, 3.8) is 0 Å². The van der Waals surface area contributed by atoms with Crippen LogP contribution in [0.25, 0.3) is 0 Å². The molecule has 2 heterocycles.